The minimum Gasteiger partial charge on any atom is -0.480 e. The van der Waals surface area contributed by atoms with E-state index < -0.39 is 23.9 Å². The molecule has 3 fully saturated rings. The number of carboxylic acid groups (broad SMARTS) is 3. The SMILES string of the molecule is Cc1cc(F)cc(-c2cnc(N3CCN(C(=O)CCOCCOCCOCCOCCNC(=O)CCC(C(=O)O)N4CCN(CC(=O)O)CCN(CCO)CCN(CC(=O)O)CC4)CC3)c(-c3nc4cc(Cl)ccc4[nH]3)c2N2CCC(N)CC2)c1. The van der Waals surface area contributed by atoms with Crippen LogP contribution in [0.5, 0.6) is 0 Å². The summed E-state index contributed by atoms with van der Waals surface area (Å²) in [4.78, 5) is 89.1. The van der Waals surface area contributed by atoms with Gasteiger partial charge in [0.2, 0.25) is 11.8 Å². The fourth-order valence-electron chi connectivity index (χ4n) is 10.9. The Morgan fingerprint density at radius 1 is 0.741 bits per heavy atom. The topological polar surface area (TPSA) is 305 Å². The second-order valence-electron chi connectivity index (χ2n) is 21.6. The van der Waals surface area contributed by atoms with Gasteiger partial charge in [-0.3, -0.25) is 43.6 Å². The van der Waals surface area contributed by atoms with Crippen molar-refractivity contribution in [2.24, 2.45) is 5.73 Å². The molecule has 27 heteroatoms. The van der Waals surface area contributed by atoms with E-state index in [-0.39, 0.29) is 115 Å². The molecule has 1 unspecified atom stereocenters. The highest BCUT2D eigenvalue weighted by Crippen LogP contribution is 2.45. The number of aromatic nitrogens is 3. The number of benzene rings is 2. The first-order valence-corrected chi connectivity index (χ1v) is 29.7. The van der Waals surface area contributed by atoms with E-state index in [0.29, 0.717) is 133 Å². The van der Waals surface area contributed by atoms with E-state index in [2.05, 4.69) is 20.1 Å². The number of piperazine rings is 1. The number of rotatable bonds is 30. The number of piperidine rings is 1. The Hall–Kier alpha value is -6.17. The second-order valence-corrected chi connectivity index (χ2v) is 22.0. The number of H-pyrrole nitrogens is 1. The van der Waals surface area contributed by atoms with Crippen molar-refractivity contribution in [3.8, 4) is 22.5 Å². The molecular formula is C58H84ClFN12O13. The number of halogens is 2. The van der Waals surface area contributed by atoms with Crippen molar-refractivity contribution < 1.29 is 67.7 Å². The van der Waals surface area contributed by atoms with Gasteiger partial charge in [-0.15, -0.1) is 0 Å². The predicted octanol–water partition coefficient (Wildman–Crippen LogP) is 2.16. The number of amides is 2. The fourth-order valence-corrected chi connectivity index (χ4v) is 11.0. The van der Waals surface area contributed by atoms with Crippen LogP contribution >= 0.6 is 11.6 Å². The van der Waals surface area contributed by atoms with Crippen LogP contribution in [0.15, 0.2) is 42.6 Å². The first-order chi connectivity index (χ1) is 41.0. The van der Waals surface area contributed by atoms with Gasteiger partial charge in [0.1, 0.15) is 23.5 Å². The molecule has 3 aliphatic rings. The maximum atomic E-state index is 15.0. The van der Waals surface area contributed by atoms with Crippen LogP contribution in [0.2, 0.25) is 5.02 Å². The minimum absolute atomic E-state index is 0.0126. The number of nitrogens with two attached hydrogens (primary N) is 1. The smallest absolute Gasteiger partial charge is 0.320 e. The van der Waals surface area contributed by atoms with Gasteiger partial charge in [0.15, 0.2) is 0 Å². The number of aliphatic carboxylic acids is 3. The number of imidazole rings is 1. The molecule has 0 saturated carbocycles. The van der Waals surface area contributed by atoms with Gasteiger partial charge < -0.3 is 70.1 Å². The number of aliphatic hydroxyl groups excluding tert-OH is 1. The maximum absolute atomic E-state index is 15.0. The lowest BCUT2D eigenvalue weighted by atomic mass is 9.96. The van der Waals surface area contributed by atoms with Crippen molar-refractivity contribution in [2.75, 3.05) is 187 Å². The highest BCUT2D eigenvalue weighted by molar-refractivity contribution is 6.31. The van der Waals surface area contributed by atoms with Gasteiger partial charge in [0, 0.05) is 134 Å². The molecule has 0 aliphatic carbocycles. The van der Waals surface area contributed by atoms with Crippen LogP contribution in [-0.4, -0.2) is 279 Å². The van der Waals surface area contributed by atoms with Crippen LogP contribution in [0.25, 0.3) is 33.5 Å². The Balaban J connectivity index is 0.774. The molecule has 85 heavy (non-hydrogen) atoms. The van der Waals surface area contributed by atoms with E-state index in [4.69, 9.17) is 46.3 Å². The molecule has 2 aromatic carbocycles. The maximum Gasteiger partial charge on any atom is 0.320 e. The van der Waals surface area contributed by atoms with Gasteiger partial charge in [0.25, 0.3) is 0 Å². The number of pyridine rings is 1. The molecule has 2 aromatic heterocycles. The number of carboxylic acids is 3. The first kappa shape index (κ1) is 66.4. The summed E-state index contributed by atoms with van der Waals surface area (Å²) in [6.07, 6.45) is 3.51. The number of aromatic amines is 1. The van der Waals surface area contributed by atoms with E-state index in [1.165, 1.54) is 6.07 Å². The van der Waals surface area contributed by atoms with Gasteiger partial charge in [-0.25, -0.2) is 14.4 Å². The molecule has 4 aromatic rings. The number of hydrogen-bond acceptors (Lipinski definition) is 19. The van der Waals surface area contributed by atoms with Crippen molar-refractivity contribution in [1.82, 2.24) is 44.8 Å². The number of hydrogen-bond donors (Lipinski definition) is 7. The average Bonchev–Trinajstić information content (AvgIpc) is 1.86. The van der Waals surface area contributed by atoms with Crippen LogP contribution in [0.4, 0.5) is 15.9 Å². The number of ether oxygens (including phenoxy) is 4. The lowest BCUT2D eigenvalue weighted by Gasteiger charge is -2.39. The summed E-state index contributed by atoms with van der Waals surface area (Å²) in [5.41, 5.74) is 11.9. The molecule has 0 radical (unpaired) electrons. The van der Waals surface area contributed by atoms with Gasteiger partial charge >= 0.3 is 17.9 Å². The third-order valence-electron chi connectivity index (χ3n) is 15.4. The van der Waals surface area contributed by atoms with Crippen LogP contribution in [0, 0.1) is 12.7 Å². The minimum atomic E-state index is -1.15. The van der Waals surface area contributed by atoms with Crippen LogP contribution in [-0.2, 0) is 42.9 Å². The monoisotopic (exact) mass is 1210 g/mol. The zero-order chi connectivity index (χ0) is 60.7. The number of carbonyl (C=O) groups is 5. The molecule has 1 atom stereocenters. The number of nitrogens with zero attached hydrogens (tertiary/aromatic N) is 9. The summed E-state index contributed by atoms with van der Waals surface area (Å²) in [6, 6.07) is 9.55. The summed E-state index contributed by atoms with van der Waals surface area (Å²) in [7, 11) is 0. The summed E-state index contributed by atoms with van der Waals surface area (Å²) >= 11 is 6.41. The predicted molar refractivity (Wildman–Crippen MR) is 317 cm³/mol. The number of β-amino-alcohol motifs (C(OH)–C–C–N with tert-alkyl or cyclic N) is 1. The Kier molecular flexibility index (Phi) is 26.7. The molecule has 468 valence electrons. The molecule has 0 spiro atoms. The number of aliphatic hydroxyl groups is 1. The number of anilines is 2. The van der Waals surface area contributed by atoms with Crippen molar-refractivity contribution in [3.05, 3.63) is 59.0 Å². The standard InChI is InChI=1S/C58H84ClFN12O13/c1-41-34-42(36-44(60)35-41)46-38-63-57(54(55(46)71-10-6-45(61)7-11-71)56-64-47-3-2-43(59)37-48(47)65-56)72-22-20-70(21-23-72)51(75)8-26-82-28-30-84-32-33-85-31-29-83-27-9-62-50(74)5-4-49(58(80)81)69-18-16-67(39-52(76)77)14-12-66(24-25-73)13-15-68(17-19-69)40-53(78)79/h2-3,34-38,45,49,73H,4-33,39-40,61H2,1H3,(H,62,74)(H,64,65)(H,76,77)(H,78,79)(H,80,81). The first-order valence-electron chi connectivity index (χ1n) is 29.3. The van der Waals surface area contributed by atoms with E-state index in [9.17, 15) is 44.4 Å². The number of nitrogens with one attached hydrogen (secondary N) is 2. The highest BCUT2D eigenvalue weighted by atomic mass is 35.5. The van der Waals surface area contributed by atoms with E-state index in [0.717, 1.165) is 40.7 Å². The summed E-state index contributed by atoms with van der Waals surface area (Å²) < 4.78 is 37.6. The van der Waals surface area contributed by atoms with Crippen molar-refractivity contribution in [2.45, 2.75) is 51.1 Å². The largest absolute Gasteiger partial charge is 0.480 e. The number of aryl methyl sites for hydroxylation is 1. The summed E-state index contributed by atoms with van der Waals surface area (Å²) in [6.45, 7) is 9.83. The Morgan fingerprint density at radius 2 is 1.34 bits per heavy atom. The Labute approximate surface area is 500 Å². The Bertz CT molecular complexity index is 2750. The normalized spacial score (nSPS) is 17.2. The fraction of sp³-hybridized carbons (Fsp3) is 0.603. The quantitative estimate of drug-likeness (QED) is 0.0368. The molecule has 3 aliphatic heterocycles. The molecule has 7 rings (SSSR count). The van der Waals surface area contributed by atoms with Gasteiger partial charge in [-0.1, -0.05) is 17.7 Å². The molecule has 25 nitrogen and oxygen atoms in total. The van der Waals surface area contributed by atoms with Crippen molar-refractivity contribution in [1.29, 1.82) is 0 Å². The average molecular weight is 1210 g/mol. The van der Waals surface area contributed by atoms with Crippen LogP contribution < -0.4 is 20.9 Å². The van der Waals surface area contributed by atoms with Gasteiger partial charge in [-0.2, -0.15) is 0 Å². The second kappa shape index (κ2) is 34.2. The van der Waals surface area contributed by atoms with Crippen molar-refractivity contribution in [3.63, 3.8) is 0 Å². The van der Waals surface area contributed by atoms with E-state index >= 15 is 4.39 Å². The number of fused-ring (bicyclic) bond motifs is 1. The van der Waals surface area contributed by atoms with Crippen LogP contribution in [0.1, 0.15) is 37.7 Å². The third-order valence-corrected chi connectivity index (χ3v) is 15.6. The molecule has 0 bridgehead atoms. The molecular weight excluding hydrogens is 1130 g/mol. The zero-order valence-corrected chi connectivity index (χ0v) is 49.4. The van der Waals surface area contributed by atoms with E-state index in [1.54, 1.807) is 20.8 Å². The molecule has 2 amide bonds. The zero-order valence-electron chi connectivity index (χ0n) is 48.6. The summed E-state index contributed by atoms with van der Waals surface area (Å²) in [5, 5.41) is 42.2. The highest BCUT2D eigenvalue weighted by Gasteiger charge is 2.33. The molecule has 3 saturated heterocycles. The van der Waals surface area contributed by atoms with E-state index in [1.807, 2.05) is 47.2 Å². The Morgan fingerprint density at radius 3 is 1.94 bits per heavy atom. The van der Waals surface area contributed by atoms with Gasteiger partial charge in [-0.05, 0) is 67.6 Å². The lowest BCUT2D eigenvalue weighted by Crippen LogP contribution is -2.51. The van der Waals surface area contributed by atoms with Crippen LogP contribution in [0.3, 0.4) is 0 Å². The molecule has 8 N–H and O–H groups in total. The van der Waals surface area contributed by atoms with Gasteiger partial charge in [0.05, 0.1) is 101 Å². The summed E-state index contributed by atoms with van der Waals surface area (Å²) in [5.74, 6) is -2.59. The number of carbonyl (C=O) groups excluding carboxylic acids is 2. The molecule has 5 heterocycles. The lowest BCUT2D eigenvalue weighted by molar-refractivity contribution is -0.145. The van der Waals surface area contributed by atoms with Crippen molar-refractivity contribution >= 4 is 63.9 Å². The third kappa shape index (κ3) is 21.0.